The molecule has 6 rings (SSSR count). The average Bonchev–Trinajstić information content (AvgIpc) is 3.39. The Hall–Kier alpha value is -2.97. The number of hydrogen-bond donors (Lipinski definition) is 1. The summed E-state index contributed by atoms with van der Waals surface area (Å²) in [6, 6.07) is 25.6. The lowest BCUT2D eigenvalue weighted by Gasteiger charge is -2.33. The number of nitrogens with zero attached hydrogens (tertiary/aromatic N) is 2. The van der Waals surface area contributed by atoms with Crippen LogP contribution < -0.4 is 4.72 Å². The van der Waals surface area contributed by atoms with Crippen molar-refractivity contribution in [3.8, 4) is 0 Å². The number of amides is 1. The highest BCUT2D eigenvalue weighted by Gasteiger charge is 2.56. The minimum absolute atomic E-state index is 0.101. The van der Waals surface area contributed by atoms with E-state index in [4.69, 9.17) is 16.0 Å². The van der Waals surface area contributed by atoms with Crippen molar-refractivity contribution in [2.75, 3.05) is 39.8 Å². The second kappa shape index (κ2) is 12.1. The van der Waals surface area contributed by atoms with Crippen LogP contribution in [0, 0.1) is 11.8 Å². The minimum Gasteiger partial charge on any atom is -0.459 e. The third kappa shape index (κ3) is 6.14. The van der Waals surface area contributed by atoms with Crippen LogP contribution in [0.3, 0.4) is 0 Å². The van der Waals surface area contributed by atoms with Gasteiger partial charge in [0, 0.05) is 37.1 Å². The normalized spacial score (nSPS) is 22.0. The van der Waals surface area contributed by atoms with Crippen molar-refractivity contribution in [2.45, 2.75) is 29.6 Å². The zero-order valence-electron chi connectivity index (χ0n) is 23.3. The van der Waals surface area contributed by atoms with E-state index >= 15 is 0 Å². The number of carbonyl (C=O) groups is 1. The summed E-state index contributed by atoms with van der Waals surface area (Å²) in [6.07, 6.45) is 4.71. The quantitative estimate of drug-likeness (QED) is 0.241. The lowest BCUT2D eigenvalue weighted by molar-refractivity contribution is 0.0744. The van der Waals surface area contributed by atoms with E-state index < -0.39 is 11.0 Å². The Balaban J connectivity index is 1.04. The molecular formula is C33H36ClN3O3S. The van der Waals surface area contributed by atoms with E-state index in [0.717, 1.165) is 66.1 Å². The second-order valence-corrected chi connectivity index (χ2v) is 13.2. The van der Waals surface area contributed by atoms with Crippen LogP contribution in [-0.2, 0) is 16.4 Å². The lowest BCUT2D eigenvalue weighted by atomic mass is 9.91. The number of furan rings is 1. The van der Waals surface area contributed by atoms with Gasteiger partial charge in [-0.1, -0.05) is 60.1 Å². The zero-order valence-corrected chi connectivity index (χ0v) is 24.9. The van der Waals surface area contributed by atoms with Gasteiger partial charge in [-0.05, 0) is 90.9 Å². The highest BCUT2D eigenvalue weighted by atomic mass is 35.5. The maximum Gasteiger partial charge on any atom is 0.289 e. The number of nitrogens with one attached hydrogen (secondary N) is 1. The summed E-state index contributed by atoms with van der Waals surface area (Å²) in [5.74, 6) is 1.21. The van der Waals surface area contributed by atoms with Crippen molar-refractivity contribution in [3.63, 3.8) is 0 Å². The van der Waals surface area contributed by atoms with Crippen LogP contribution in [0.15, 0.2) is 94.4 Å². The van der Waals surface area contributed by atoms with Gasteiger partial charge in [0.05, 0.1) is 11.2 Å². The van der Waals surface area contributed by atoms with E-state index in [1.165, 1.54) is 11.8 Å². The minimum atomic E-state index is -1.24. The fourth-order valence-corrected chi connectivity index (χ4v) is 7.77. The molecule has 2 aliphatic rings. The van der Waals surface area contributed by atoms with Crippen molar-refractivity contribution in [3.05, 3.63) is 101 Å². The van der Waals surface area contributed by atoms with E-state index in [1.54, 1.807) is 17.0 Å². The summed E-state index contributed by atoms with van der Waals surface area (Å²) < 4.78 is 21.8. The fourth-order valence-electron chi connectivity index (χ4n) is 6.45. The van der Waals surface area contributed by atoms with Gasteiger partial charge in [0.2, 0.25) is 0 Å². The highest BCUT2D eigenvalue weighted by Crippen LogP contribution is 2.55. The van der Waals surface area contributed by atoms with Gasteiger partial charge >= 0.3 is 0 Å². The third-order valence-electron chi connectivity index (χ3n) is 8.87. The Bertz CT molecular complexity index is 1530. The Labute approximate surface area is 249 Å². The zero-order chi connectivity index (χ0) is 28.4. The predicted octanol–water partition coefficient (Wildman–Crippen LogP) is 6.14. The van der Waals surface area contributed by atoms with Crippen molar-refractivity contribution in [1.29, 1.82) is 0 Å². The monoisotopic (exact) mass is 589 g/mol. The smallest absolute Gasteiger partial charge is 0.289 e. The molecule has 1 saturated heterocycles. The highest BCUT2D eigenvalue weighted by molar-refractivity contribution is 7.83. The largest absolute Gasteiger partial charge is 0.459 e. The Morgan fingerprint density at radius 1 is 1.07 bits per heavy atom. The molecule has 0 radical (unpaired) electrons. The first-order valence-electron chi connectivity index (χ1n) is 14.3. The van der Waals surface area contributed by atoms with E-state index in [1.807, 2.05) is 49.5 Å². The van der Waals surface area contributed by atoms with Gasteiger partial charge in [-0.2, -0.15) is 0 Å². The summed E-state index contributed by atoms with van der Waals surface area (Å²) in [5.41, 5.74) is 1.08. The second-order valence-electron chi connectivity index (χ2n) is 11.5. The SMILES string of the molecule is CN(C[C@@]1(c2cccc(Cl)c2)C[C@H]1CN1CCC(CNS(=O)c2cccc3ccccc23)CC1)C(=O)c1ccco1. The topological polar surface area (TPSA) is 65.8 Å². The number of likely N-dealkylation sites (tertiary alicyclic amines) is 1. The van der Waals surface area contributed by atoms with Crippen LogP contribution in [0.1, 0.15) is 35.4 Å². The summed E-state index contributed by atoms with van der Waals surface area (Å²) in [5, 5.41) is 2.88. The molecule has 1 aromatic heterocycles. The number of piperidine rings is 1. The molecule has 1 saturated carbocycles. The summed E-state index contributed by atoms with van der Waals surface area (Å²) in [4.78, 5) is 18.2. The molecule has 4 aromatic rings. The molecule has 0 bridgehead atoms. The molecule has 1 unspecified atom stereocenters. The van der Waals surface area contributed by atoms with Crippen LogP contribution in [0.4, 0.5) is 0 Å². The van der Waals surface area contributed by atoms with Crippen molar-refractivity contribution in [2.24, 2.45) is 11.8 Å². The van der Waals surface area contributed by atoms with Gasteiger partial charge in [0.15, 0.2) is 5.76 Å². The summed E-state index contributed by atoms with van der Waals surface area (Å²) >= 11 is 6.40. The van der Waals surface area contributed by atoms with Crippen LogP contribution in [0.5, 0.6) is 0 Å². The predicted molar refractivity (Wildman–Crippen MR) is 164 cm³/mol. The van der Waals surface area contributed by atoms with Crippen molar-refractivity contribution < 1.29 is 13.4 Å². The number of hydrogen-bond acceptors (Lipinski definition) is 4. The van der Waals surface area contributed by atoms with Gasteiger partial charge < -0.3 is 14.2 Å². The standard InChI is InChI=1S/C33H36ClN3O3S/c1-36(32(38)30-12-6-18-40-30)23-33(26-9-5-10-28(34)19-26)20-27(33)22-37-16-14-24(15-17-37)21-35-41(39)31-13-4-8-25-7-2-3-11-29(25)31/h2-13,18-19,24,27,35H,14-17,20-23H2,1H3/t27-,33+,41?/m0/s1. The molecule has 8 heteroatoms. The van der Waals surface area contributed by atoms with Gasteiger partial charge in [0.1, 0.15) is 11.0 Å². The number of carbonyl (C=O) groups excluding carboxylic acids is 1. The van der Waals surface area contributed by atoms with E-state index in [-0.39, 0.29) is 11.3 Å². The number of benzene rings is 3. The van der Waals surface area contributed by atoms with Crippen LogP contribution in [0.2, 0.25) is 5.02 Å². The number of halogens is 1. The Morgan fingerprint density at radius 2 is 1.85 bits per heavy atom. The first-order chi connectivity index (χ1) is 19.9. The molecule has 2 heterocycles. The molecule has 3 atom stereocenters. The molecular weight excluding hydrogens is 554 g/mol. The molecule has 6 nitrogen and oxygen atoms in total. The molecule has 1 aliphatic heterocycles. The number of rotatable bonds is 10. The molecule has 3 aromatic carbocycles. The molecule has 1 amide bonds. The van der Waals surface area contributed by atoms with E-state index in [0.29, 0.717) is 24.1 Å². The molecule has 41 heavy (non-hydrogen) atoms. The van der Waals surface area contributed by atoms with Crippen LogP contribution in [-0.4, -0.2) is 59.7 Å². The average molecular weight is 590 g/mol. The number of likely N-dealkylation sites (N-methyl/N-ethyl adjacent to an activating group) is 1. The van der Waals surface area contributed by atoms with Gasteiger partial charge in [-0.15, -0.1) is 0 Å². The van der Waals surface area contributed by atoms with Crippen molar-refractivity contribution >= 4 is 39.3 Å². The molecule has 2 fully saturated rings. The summed E-state index contributed by atoms with van der Waals surface area (Å²) in [6.45, 7) is 4.42. The van der Waals surface area contributed by atoms with Gasteiger partial charge in [-0.25, -0.2) is 8.93 Å². The molecule has 1 N–H and O–H groups in total. The first-order valence-corrected chi connectivity index (χ1v) is 15.9. The van der Waals surface area contributed by atoms with E-state index in [2.05, 4.69) is 33.9 Å². The van der Waals surface area contributed by atoms with E-state index in [9.17, 15) is 9.00 Å². The van der Waals surface area contributed by atoms with Gasteiger partial charge in [-0.3, -0.25) is 4.79 Å². The molecule has 214 valence electrons. The van der Waals surface area contributed by atoms with Crippen molar-refractivity contribution in [1.82, 2.24) is 14.5 Å². The fraction of sp³-hybridized carbons (Fsp3) is 0.364. The Kier molecular flexibility index (Phi) is 8.31. The van der Waals surface area contributed by atoms with Gasteiger partial charge in [0.25, 0.3) is 5.91 Å². The maximum absolute atomic E-state index is 13.1. The lowest BCUT2D eigenvalue weighted by Crippen LogP contribution is -2.40. The summed E-state index contributed by atoms with van der Waals surface area (Å²) in [7, 11) is 0.619. The Morgan fingerprint density at radius 3 is 2.63 bits per heavy atom. The maximum atomic E-state index is 13.1. The molecule has 1 aliphatic carbocycles. The number of fused-ring (bicyclic) bond motifs is 1. The van der Waals surface area contributed by atoms with Crippen LogP contribution >= 0.6 is 11.6 Å². The third-order valence-corrected chi connectivity index (χ3v) is 10.3. The molecule has 0 spiro atoms. The van der Waals surface area contributed by atoms with Crippen LogP contribution in [0.25, 0.3) is 10.8 Å². The first kappa shape index (κ1) is 28.2.